The van der Waals surface area contributed by atoms with Gasteiger partial charge >= 0.3 is 0 Å². The van der Waals surface area contributed by atoms with Gasteiger partial charge in [-0.05, 0) is 41.8 Å². The summed E-state index contributed by atoms with van der Waals surface area (Å²) in [4.78, 5) is 13.3. The molecule has 0 saturated heterocycles. The molecule has 2 atom stereocenters. The van der Waals surface area contributed by atoms with E-state index >= 15 is 0 Å². The first-order chi connectivity index (χ1) is 9.75. The topological polar surface area (TPSA) is 29.1 Å². The van der Waals surface area contributed by atoms with Crippen molar-refractivity contribution < 1.29 is 9.18 Å². The third kappa shape index (κ3) is 2.90. The molecule has 1 aliphatic rings. The summed E-state index contributed by atoms with van der Waals surface area (Å²) in [5.41, 5.74) is 0.672. The van der Waals surface area contributed by atoms with Crippen LogP contribution in [0.3, 0.4) is 0 Å². The van der Waals surface area contributed by atoms with Gasteiger partial charge in [-0.3, -0.25) is 4.79 Å². The fourth-order valence-electron chi connectivity index (χ4n) is 2.50. The predicted octanol–water partition coefficient (Wildman–Crippen LogP) is 3.35. The number of hydrogen-bond donors (Lipinski definition) is 1. The summed E-state index contributed by atoms with van der Waals surface area (Å²) in [5.74, 6) is -0.158. The van der Waals surface area contributed by atoms with E-state index in [1.807, 2.05) is 17.5 Å². The molecular weight excluding hydrogens is 273 g/mol. The summed E-state index contributed by atoms with van der Waals surface area (Å²) in [6, 6.07) is 10.8. The number of thiophene rings is 1. The van der Waals surface area contributed by atoms with Gasteiger partial charge in [0.2, 0.25) is 5.91 Å². The summed E-state index contributed by atoms with van der Waals surface area (Å²) in [6.45, 7) is 0.653. The van der Waals surface area contributed by atoms with Crippen LogP contribution < -0.4 is 5.32 Å². The van der Waals surface area contributed by atoms with Gasteiger partial charge in [0.15, 0.2) is 0 Å². The molecule has 0 radical (unpaired) electrons. The monoisotopic (exact) mass is 289 g/mol. The van der Waals surface area contributed by atoms with Gasteiger partial charge in [-0.15, -0.1) is 11.3 Å². The van der Waals surface area contributed by atoms with Gasteiger partial charge in [-0.2, -0.15) is 0 Å². The van der Waals surface area contributed by atoms with Crippen LogP contribution in [0.5, 0.6) is 0 Å². The number of nitrogens with one attached hydrogen (secondary N) is 1. The Hall–Kier alpha value is -1.68. The van der Waals surface area contributed by atoms with Crippen molar-refractivity contribution >= 4 is 17.2 Å². The lowest BCUT2D eigenvalue weighted by Crippen LogP contribution is -2.27. The number of amides is 1. The highest BCUT2D eigenvalue weighted by molar-refractivity contribution is 7.09. The van der Waals surface area contributed by atoms with Crippen LogP contribution in [0, 0.1) is 11.7 Å². The van der Waals surface area contributed by atoms with Crippen LogP contribution in [0.2, 0.25) is 0 Å². The van der Waals surface area contributed by atoms with E-state index in [-0.39, 0.29) is 23.6 Å². The highest BCUT2D eigenvalue weighted by Gasteiger charge is 2.44. The average molecular weight is 289 g/mol. The van der Waals surface area contributed by atoms with Gasteiger partial charge < -0.3 is 5.32 Å². The first kappa shape index (κ1) is 13.3. The van der Waals surface area contributed by atoms with Gasteiger partial charge in [0.1, 0.15) is 5.82 Å². The zero-order chi connectivity index (χ0) is 13.9. The van der Waals surface area contributed by atoms with E-state index in [1.165, 1.54) is 10.9 Å². The van der Waals surface area contributed by atoms with Crippen molar-refractivity contribution in [3.63, 3.8) is 0 Å². The third-order valence-corrected chi connectivity index (χ3v) is 4.62. The smallest absolute Gasteiger partial charge is 0.223 e. The maximum atomic E-state index is 13.6. The molecule has 1 saturated carbocycles. The number of benzene rings is 1. The molecule has 2 unspecified atom stereocenters. The van der Waals surface area contributed by atoms with Gasteiger partial charge in [0, 0.05) is 17.3 Å². The lowest BCUT2D eigenvalue weighted by atomic mass is 10.1. The van der Waals surface area contributed by atoms with Crippen LogP contribution in [0.4, 0.5) is 4.39 Å². The standard InChI is InChI=1S/C16H16FNOS/c17-15-6-2-1-5-12(15)13-10-14(13)16(19)18-8-7-11-4-3-9-20-11/h1-6,9,13-14H,7-8,10H2,(H,18,19). The van der Waals surface area contributed by atoms with Crippen LogP contribution in [0.1, 0.15) is 22.8 Å². The molecule has 3 rings (SSSR count). The van der Waals surface area contributed by atoms with Crippen molar-refractivity contribution in [1.82, 2.24) is 5.32 Å². The predicted molar refractivity (Wildman–Crippen MR) is 78.3 cm³/mol. The van der Waals surface area contributed by atoms with E-state index in [9.17, 15) is 9.18 Å². The van der Waals surface area contributed by atoms with Gasteiger partial charge in [0.25, 0.3) is 0 Å². The molecule has 1 aliphatic carbocycles. The fraction of sp³-hybridized carbons (Fsp3) is 0.312. The van der Waals surface area contributed by atoms with Crippen LogP contribution in [0.25, 0.3) is 0 Å². The van der Waals surface area contributed by atoms with Crippen molar-refractivity contribution in [1.29, 1.82) is 0 Å². The van der Waals surface area contributed by atoms with E-state index in [2.05, 4.69) is 11.4 Å². The molecule has 0 aliphatic heterocycles. The Kier molecular flexibility index (Phi) is 3.83. The van der Waals surface area contributed by atoms with Crippen molar-refractivity contribution in [2.45, 2.75) is 18.8 Å². The van der Waals surface area contributed by atoms with E-state index in [1.54, 1.807) is 23.5 Å². The molecule has 2 aromatic rings. The molecule has 20 heavy (non-hydrogen) atoms. The van der Waals surface area contributed by atoms with Crippen molar-refractivity contribution in [2.24, 2.45) is 5.92 Å². The van der Waals surface area contributed by atoms with Crippen LogP contribution in [0.15, 0.2) is 41.8 Å². The van der Waals surface area contributed by atoms with Crippen LogP contribution in [-0.2, 0) is 11.2 Å². The Balaban J connectivity index is 1.49. The lowest BCUT2D eigenvalue weighted by Gasteiger charge is -2.04. The molecule has 0 bridgehead atoms. The molecule has 1 N–H and O–H groups in total. The molecule has 0 spiro atoms. The van der Waals surface area contributed by atoms with Gasteiger partial charge in [-0.1, -0.05) is 24.3 Å². The van der Waals surface area contributed by atoms with Crippen LogP contribution in [-0.4, -0.2) is 12.5 Å². The van der Waals surface area contributed by atoms with Crippen LogP contribution >= 0.6 is 11.3 Å². The lowest BCUT2D eigenvalue weighted by molar-refractivity contribution is -0.122. The number of carbonyl (C=O) groups is 1. The molecule has 1 aromatic heterocycles. The summed E-state index contributed by atoms with van der Waals surface area (Å²) in [6.07, 6.45) is 1.62. The maximum Gasteiger partial charge on any atom is 0.223 e. The Morgan fingerprint density at radius 2 is 2.15 bits per heavy atom. The Bertz CT molecular complexity index is 596. The minimum absolute atomic E-state index is 0.0507. The second-order valence-electron chi connectivity index (χ2n) is 5.09. The molecule has 4 heteroatoms. The van der Waals surface area contributed by atoms with E-state index in [0.29, 0.717) is 12.1 Å². The van der Waals surface area contributed by atoms with E-state index in [4.69, 9.17) is 0 Å². The Labute approximate surface area is 121 Å². The maximum absolute atomic E-state index is 13.6. The molecule has 104 valence electrons. The molecule has 1 heterocycles. The first-order valence-electron chi connectivity index (χ1n) is 6.80. The Morgan fingerprint density at radius 3 is 2.90 bits per heavy atom. The SMILES string of the molecule is O=C(NCCc1cccs1)C1CC1c1ccccc1F. The third-order valence-electron chi connectivity index (χ3n) is 3.68. The molecule has 2 nitrogen and oxygen atoms in total. The van der Waals surface area contributed by atoms with Crippen molar-refractivity contribution in [3.8, 4) is 0 Å². The van der Waals surface area contributed by atoms with Crippen molar-refractivity contribution in [2.75, 3.05) is 6.54 Å². The van der Waals surface area contributed by atoms with E-state index < -0.39 is 0 Å². The minimum atomic E-state index is -0.202. The van der Waals surface area contributed by atoms with Gasteiger partial charge in [0.05, 0.1) is 0 Å². The number of carbonyl (C=O) groups excluding carboxylic acids is 1. The zero-order valence-corrected chi connectivity index (χ0v) is 11.8. The van der Waals surface area contributed by atoms with E-state index in [0.717, 1.165) is 12.8 Å². The first-order valence-corrected chi connectivity index (χ1v) is 7.68. The summed E-state index contributed by atoms with van der Waals surface area (Å²) >= 11 is 1.70. The van der Waals surface area contributed by atoms with Crippen molar-refractivity contribution in [3.05, 3.63) is 58.0 Å². The summed E-state index contributed by atoms with van der Waals surface area (Å²) in [7, 11) is 0. The second kappa shape index (κ2) is 5.75. The largest absolute Gasteiger partial charge is 0.355 e. The molecule has 1 aromatic carbocycles. The number of hydrogen-bond acceptors (Lipinski definition) is 2. The summed E-state index contributed by atoms with van der Waals surface area (Å²) in [5, 5.41) is 4.98. The number of rotatable bonds is 5. The minimum Gasteiger partial charge on any atom is -0.355 e. The normalized spacial score (nSPS) is 20.6. The average Bonchev–Trinajstić information content (AvgIpc) is 3.07. The second-order valence-corrected chi connectivity index (χ2v) is 6.12. The molecule has 1 amide bonds. The molecule has 1 fully saturated rings. The molecular formula is C16H16FNOS. The highest BCUT2D eigenvalue weighted by atomic mass is 32.1. The summed E-state index contributed by atoms with van der Waals surface area (Å²) < 4.78 is 13.6. The quantitative estimate of drug-likeness (QED) is 0.898. The Morgan fingerprint density at radius 1 is 1.30 bits per heavy atom. The zero-order valence-electron chi connectivity index (χ0n) is 11.0. The van der Waals surface area contributed by atoms with Gasteiger partial charge in [-0.25, -0.2) is 4.39 Å². The highest BCUT2D eigenvalue weighted by Crippen LogP contribution is 2.48. The number of halogens is 1. The fourth-order valence-corrected chi connectivity index (χ4v) is 3.21.